The Morgan fingerprint density at radius 1 is 1.33 bits per heavy atom. The molecule has 0 unspecified atom stereocenters. The summed E-state index contributed by atoms with van der Waals surface area (Å²) in [5.41, 5.74) is 1.06. The van der Waals surface area contributed by atoms with E-state index >= 15 is 0 Å². The molecular formula is C15H20ClNO. The van der Waals surface area contributed by atoms with Crippen LogP contribution in [0.15, 0.2) is 24.3 Å². The van der Waals surface area contributed by atoms with Crippen molar-refractivity contribution < 1.29 is 4.79 Å². The fraction of sp³-hybridized carbons (Fsp3) is 0.533. The Kier molecular flexibility index (Phi) is 4.41. The van der Waals surface area contributed by atoms with Crippen molar-refractivity contribution in [3.63, 3.8) is 0 Å². The van der Waals surface area contributed by atoms with E-state index in [-0.39, 0.29) is 11.8 Å². The largest absolute Gasteiger partial charge is 0.313 e. The summed E-state index contributed by atoms with van der Waals surface area (Å²) in [5.74, 6) is 0.306. The topological polar surface area (TPSA) is 29.1 Å². The molecule has 1 aromatic rings. The highest BCUT2D eigenvalue weighted by Crippen LogP contribution is 2.24. The lowest BCUT2D eigenvalue weighted by Crippen LogP contribution is -2.30. The first kappa shape index (κ1) is 13.6. The van der Waals surface area contributed by atoms with Crippen molar-refractivity contribution in [2.24, 2.45) is 5.92 Å². The molecule has 1 saturated carbocycles. The molecule has 0 bridgehead atoms. The van der Waals surface area contributed by atoms with Gasteiger partial charge in [0.1, 0.15) is 5.78 Å². The number of hydrogen-bond acceptors (Lipinski definition) is 2. The highest BCUT2D eigenvalue weighted by atomic mass is 35.5. The molecule has 2 rings (SSSR count). The molecule has 2 nitrogen and oxygen atoms in total. The zero-order valence-corrected chi connectivity index (χ0v) is 11.7. The molecule has 1 aliphatic rings. The molecule has 0 saturated heterocycles. The van der Waals surface area contributed by atoms with Crippen LogP contribution in [-0.4, -0.2) is 18.4 Å². The highest BCUT2D eigenvalue weighted by molar-refractivity contribution is 6.30. The normalized spacial score (nSPS) is 16.9. The van der Waals surface area contributed by atoms with E-state index in [1.165, 1.54) is 12.8 Å². The number of carbonyl (C=O) groups excluding carboxylic acids is 1. The Morgan fingerprint density at radius 2 is 1.94 bits per heavy atom. The first-order valence-corrected chi connectivity index (χ1v) is 6.98. The van der Waals surface area contributed by atoms with Crippen molar-refractivity contribution in [1.29, 1.82) is 0 Å². The zero-order valence-electron chi connectivity index (χ0n) is 10.9. The molecule has 0 radical (unpaired) electrons. The van der Waals surface area contributed by atoms with Gasteiger partial charge in [0.2, 0.25) is 0 Å². The average molecular weight is 266 g/mol. The van der Waals surface area contributed by atoms with Gasteiger partial charge in [-0.2, -0.15) is 0 Å². The summed E-state index contributed by atoms with van der Waals surface area (Å²) in [4.78, 5) is 12.3. The van der Waals surface area contributed by atoms with Crippen LogP contribution in [0.5, 0.6) is 0 Å². The number of hydrogen-bond donors (Lipinski definition) is 1. The van der Waals surface area contributed by atoms with E-state index in [0.717, 1.165) is 12.1 Å². The quantitative estimate of drug-likeness (QED) is 0.854. The van der Waals surface area contributed by atoms with Gasteiger partial charge in [0, 0.05) is 23.5 Å². The van der Waals surface area contributed by atoms with Gasteiger partial charge in [-0.05, 0) is 30.5 Å². The predicted octanol–water partition coefficient (Wildman–Crippen LogP) is 3.40. The molecule has 1 N–H and O–H groups in total. The minimum atomic E-state index is -0.0529. The second-order valence-corrected chi connectivity index (χ2v) is 5.78. The standard InChI is InChI=1S/C15H20ClNO/c1-10(2)15(18)14(9-17-13-7-8-13)11-3-5-12(16)6-4-11/h3-6,10,13-14,17H,7-9H2,1-2H3/t14-/m1/s1. The van der Waals surface area contributed by atoms with Crippen molar-refractivity contribution in [3.8, 4) is 0 Å². The second-order valence-electron chi connectivity index (χ2n) is 5.34. The van der Waals surface area contributed by atoms with Crippen LogP contribution in [0.4, 0.5) is 0 Å². The van der Waals surface area contributed by atoms with Crippen LogP contribution in [0.25, 0.3) is 0 Å². The van der Waals surface area contributed by atoms with Crippen molar-refractivity contribution in [2.45, 2.75) is 38.6 Å². The number of benzene rings is 1. The van der Waals surface area contributed by atoms with Crippen molar-refractivity contribution >= 4 is 17.4 Å². The third-order valence-corrected chi connectivity index (χ3v) is 3.62. The van der Waals surface area contributed by atoms with Gasteiger partial charge in [0.15, 0.2) is 0 Å². The molecule has 1 aromatic carbocycles. The fourth-order valence-corrected chi connectivity index (χ4v) is 2.18. The van der Waals surface area contributed by atoms with Crippen LogP contribution in [-0.2, 0) is 4.79 Å². The number of ketones is 1. The highest BCUT2D eigenvalue weighted by Gasteiger charge is 2.27. The Balaban J connectivity index is 2.11. The molecule has 98 valence electrons. The molecule has 0 heterocycles. The second kappa shape index (κ2) is 5.85. The fourth-order valence-electron chi connectivity index (χ4n) is 2.05. The number of halogens is 1. The molecule has 1 fully saturated rings. The van der Waals surface area contributed by atoms with Gasteiger partial charge < -0.3 is 5.32 Å². The van der Waals surface area contributed by atoms with Crippen LogP contribution in [0.3, 0.4) is 0 Å². The summed E-state index contributed by atoms with van der Waals surface area (Å²) in [6.07, 6.45) is 2.48. The SMILES string of the molecule is CC(C)C(=O)[C@H](CNC1CC1)c1ccc(Cl)cc1. The van der Waals surface area contributed by atoms with Crippen molar-refractivity contribution in [3.05, 3.63) is 34.9 Å². The van der Waals surface area contributed by atoms with Gasteiger partial charge in [-0.25, -0.2) is 0 Å². The van der Waals surface area contributed by atoms with Crippen molar-refractivity contribution in [2.75, 3.05) is 6.54 Å². The summed E-state index contributed by atoms with van der Waals surface area (Å²) < 4.78 is 0. The maximum absolute atomic E-state index is 12.3. The summed E-state index contributed by atoms with van der Waals surface area (Å²) >= 11 is 5.90. The molecule has 1 aliphatic carbocycles. The van der Waals surface area contributed by atoms with E-state index in [4.69, 9.17) is 11.6 Å². The lowest BCUT2D eigenvalue weighted by Gasteiger charge is -2.19. The van der Waals surface area contributed by atoms with Gasteiger partial charge in [-0.1, -0.05) is 37.6 Å². The summed E-state index contributed by atoms with van der Waals surface area (Å²) in [6.45, 7) is 4.66. The first-order chi connectivity index (χ1) is 8.58. The number of Topliss-reactive ketones (excluding diaryl/α,β-unsaturated/α-hetero) is 1. The Bertz CT molecular complexity index is 409. The molecule has 1 atom stereocenters. The number of nitrogens with one attached hydrogen (secondary N) is 1. The van der Waals surface area contributed by atoms with Crippen LogP contribution < -0.4 is 5.32 Å². The molecule has 0 aromatic heterocycles. The Morgan fingerprint density at radius 3 is 2.44 bits per heavy atom. The maximum atomic E-state index is 12.3. The van der Waals surface area contributed by atoms with E-state index in [1.54, 1.807) is 0 Å². The summed E-state index contributed by atoms with van der Waals surface area (Å²) in [7, 11) is 0. The van der Waals surface area contributed by atoms with Gasteiger partial charge in [0.25, 0.3) is 0 Å². The average Bonchev–Trinajstić information content (AvgIpc) is 3.15. The predicted molar refractivity (Wildman–Crippen MR) is 75.1 cm³/mol. The van der Waals surface area contributed by atoms with Crippen LogP contribution in [0.2, 0.25) is 5.02 Å². The minimum absolute atomic E-state index is 0.0529. The van der Waals surface area contributed by atoms with E-state index in [2.05, 4.69) is 5.32 Å². The monoisotopic (exact) mass is 265 g/mol. The minimum Gasteiger partial charge on any atom is -0.313 e. The van der Waals surface area contributed by atoms with Crippen LogP contribution in [0, 0.1) is 5.92 Å². The third-order valence-electron chi connectivity index (χ3n) is 3.37. The van der Waals surface area contributed by atoms with Crippen LogP contribution >= 0.6 is 11.6 Å². The number of rotatable bonds is 6. The summed E-state index contributed by atoms with van der Waals surface area (Å²) in [6, 6.07) is 8.26. The van der Waals surface area contributed by atoms with Gasteiger partial charge in [-0.3, -0.25) is 4.79 Å². The smallest absolute Gasteiger partial charge is 0.144 e. The lowest BCUT2D eigenvalue weighted by atomic mass is 9.89. The first-order valence-electron chi connectivity index (χ1n) is 6.60. The van der Waals surface area contributed by atoms with Gasteiger partial charge >= 0.3 is 0 Å². The maximum Gasteiger partial charge on any atom is 0.144 e. The van der Waals surface area contributed by atoms with E-state index < -0.39 is 0 Å². The summed E-state index contributed by atoms with van der Waals surface area (Å²) in [5, 5.41) is 4.16. The third kappa shape index (κ3) is 3.56. The van der Waals surface area contributed by atoms with E-state index in [9.17, 15) is 4.79 Å². The van der Waals surface area contributed by atoms with E-state index in [0.29, 0.717) is 16.8 Å². The Labute approximate surface area is 114 Å². The van der Waals surface area contributed by atoms with Crippen molar-refractivity contribution in [1.82, 2.24) is 5.32 Å². The molecule has 0 amide bonds. The molecule has 18 heavy (non-hydrogen) atoms. The molecular weight excluding hydrogens is 246 g/mol. The molecule has 3 heteroatoms. The van der Waals surface area contributed by atoms with Crippen LogP contribution in [0.1, 0.15) is 38.2 Å². The zero-order chi connectivity index (χ0) is 13.1. The van der Waals surface area contributed by atoms with Gasteiger partial charge in [-0.15, -0.1) is 0 Å². The molecule has 0 aliphatic heterocycles. The van der Waals surface area contributed by atoms with E-state index in [1.807, 2.05) is 38.1 Å². The number of carbonyl (C=O) groups is 1. The molecule has 0 spiro atoms. The van der Waals surface area contributed by atoms with Gasteiger partial charge in [0.05, 0.1) is 5.92 Å². The Hall–Kier alpha value is -0.860. The lowest BCUT2D eigenvalue weighted by molar-refractivity contribution is -0.123.